The van der Waals surface area contributed by atoms with E-state index in [9.17, 15) is 4.79 Å². The topological polar surface area (TPSA) is 54.9 Å². The number of hydrogen-bond donors (Lipinski definition) is 1. The lowest BCUT2D eigenvalue weighted by Crippen LogP contribution is -2.11. The fourth-order valence-corrected chi connectivity index (χ4v) is 2.11. The standard InChI is InChI=1S/C8H7N3OS2/c1-5-4-14-7(10-5)6(12)11-8-9-2-3-13-8/h2-4H,1H3,(H,9,11,12). The number of nitrogens with zero attached hydrogens (tertiary/aromatic N) is 2. The molecule has 4 nitrogen and oxygen atoms in total. The quantitative estimate of drug-likeness (QED) is 0.852. The number of aromatic nitrogens is 2. The summed E-state index contributed by atoms with van der Waals surface area (Å²) in [6.07, 6.45) is 1.65. The Labute approximate surface area is 88.6 Å². The van der Waals surface area contributed by atoms with Crippen molar-refractivity contribution in [1.29, 1.82) is 0 Å². The molecule has 0 radical (unpaired) electrons. The minimum Gasteiger partial charge on any atom is -0.296 e. The molecule has 2 heterocycles. The maximum absolute atomic E-state index is 11.5. The van der Waals surface area contributed by atoms with Gasteiger partial charge in [-0.25, -0.2) is 9.97 Å². The van der Waals surface area contributed by atoms with Crippen LogP contribution in [0.25, 0.3) is 0 Å². The Morgan fingerprint density at radius 1 is 1.50 bits per heavy atom. The molecule has 0 aliphatic heterocycles. The van der Waals surface area contributed by atoms with Crippen LogP contribution in [0.5, 0.6) is 0 Å². The zero-order chi connectivity index (χ0) is 9.97. The van der Waals surface area contributed by atoms with E-state index in [1.165, 1.54) is 22.7 Å². The van der Waals surface area contributed by atoms with Gasteiger partial charge in [0.1, 0.15) is 0 Å². The average molecular weight is 225 g/mol. The van der Waals surface area contributed by atoms with Crippen LogP contribution < -0.4 is 5.32 Å². The smallest absolute Gasteiger partial charge is 0.286 e. The molecule has 72 valence electrons. The Morgan fingerprint density at radius 2 is 2.36 bits per heavy atom. The molecule has 0 saturated heterocycles. The summed E-state index contributed by atoms with van der Waals surface area (Å²) in [4.78, 5) is 19.6. The lowest BCUT2D eigenvalue weighted by Gasteiger charge is -1.95. The van der Waals surface area contributed by atoms with Gasteiger partial charge in [0.05, 0.1) is 0 Å². The normalized spacial score (nSPS) is 10.1. The third-order valence-electron chi connectivity index (χ3n) is 1.47. The maximum atomic E-state index is 11.5. The molecular weight excluding hydrogens is 218 g/mol. The number of thiazole rings is 2. The lowest BCUT2D eigenvalue weighted by atomic mass is 10.5. The fraction of sp³-hybridized carbons (Fsp3) is 0.125. The summed E-state index contributed by atoms with van der Waals surface area (Å²) in [6.45, 7) is 1.86. The van der Waals surface area contributed by atoms with Gasteiger partial charge in [0.15, 0.2) is 10.1 Å². The molecule has 0 fully saturated rings. The molecule has 0 aromatic carbocycles. The molecule has 6 heteroatoms. The van der Waals surface area contributed by atoms with Gasteiger partial charge in [-0.3, -0.25) is 10.1 Å². The number of anilines is 1. The van der Waals surface area contributed by atoms with E-state index in [-0.39, 0.29) is 5.91 Å². The molecule has 2 aromatic heterocycles. The lowest BCUT2D eigenvalue weighted by molar-refractivity contribution is 0.102. The van der Waals surface area contributed by atoms with Crippen LogP contribution in [0.15, 0.2) is 17.0 Å². The molecule has 0 atom stereocenters. The summed E-state index contributed by atoms with van der Waals surface area (Å²) in [5.41, 5.74) is 0.860. The minimum absolute atomic E-state index is 0.196. The van der Waals surface area contributed by atoms with Crippen molar-refractivity contribution in [3.8, 4) is 0 Å². The highest BCUT2D eigenvalue weighted by Gasteiger charge is 2.10. The summed E-state index contributed by atoms with van der Waals surface area (Å²) in [5, 5.41) is 7.39. The molecule has 2 rings (SSSR count). The highest BCUT2D eigenvalue weighted by atomic mass is 32.1. The van der Waals surface area contributed by atoms with Crippen molar-refractivity contribution in [2.45, 2.75) is 6.92 Å². The Morgan fingerprint density at radius 3 is 2.93 bits per heavy atom. The van der Waals surface area contributed by atoms with Crippen molar-refractivity contribution < 1.29 is 4.79 Å². The zero-order valence-electron chi connectivity index (χ0n) is 7.35. The van der Waals surface area contributed by atoms with Crippen molar-refractivity contribution in [3.05, 3.63) is 27.7 Å². The van der Waals surface area contributed by atoms with Crippen molar-refractivity contribution in [2.24, 2.45) is 0 Å². The van der Waals surface area contributed by atoms with Crippen molar-refractivity contribution >= 4 is 33.7 Å². The van der Waals surface area contributed by atoms with E-state index in [1.54, 1.807) is 6.20 Å². The number of hydrogen-bond acceptors (Lipinski definition) is 5. The second-order valence-corrected chi connectivity index (χ2v) is 4.34. The van der Waals surface area contributed by atoms with Crippen LogP contribution in [-0.4, -0.2) is 15.9 Å². The molecule has 0 spiro atoms. The summed E-state index contributed by atoms with van der Waals surface area (Å²) < 4.78 is 0. The van der Waals surface area contributed by atoms with Crippen molar-refractivity contribution in [3.63, 3.8) is 0 Å². The molecule has 0 aliphatic carbocycles. The Bertz CT molecular complexity index is 435. The fourth-order valence-electron chi connectivity index (χ4n) is 0.894. The van der Waals surface area contributed by atoms with E-state index in [1.807, 2.05) is 17.7 Å². The molecule has 0 saturated carbocycles. The van der Waals surface area contributed by atoms with Crippen LogP contribution in [-0.2, 0) is 0 Å². The molecule has 0 aliphatic rings. The number of carbonyl (C=O) groups excluding carboxylic acids is 1. The number of amides is 1. The third-order valence-corrected chi connectivity index (χ3v) is 3.11. The van der Waals surface area contributed by atoms with Crippen LogP contribution in [0.1, 0.15) is 15.5 Å². The SMILES string of the molecule is Cc1csc(C(=O)Nc2nccs2)n1. The van der Waals surface area contributed by atoms with Crippen molar-refractivity contribution in [1.82, 2.24) is 9.97 Å². The maximum Gasteiger partial charge on any atom is 0.286 e. The molecular formula is C8H7N3OS2. The van der Waals surface area contributed by atoms with Gasteiger partial charge in [-0.2, -0.15) is 0 Å². The van der Waals surface area contributed by atoms with Gasteiger partial charge in [-0.05, 0) is 6.92 Å². The monoisotopic (exact) mass is 225 g/mol. The van der Waals surface area contributed by atoms with Crippen LogP contribution in [0.3, 0.4) is 0 Å². The van der Waals surface area contributed by atoms with E-state index >= 15 is 0 Å². The predicted molar refractivity (Wildman–Crippen MR) is 56.9 cm³/mol. The van der Waals surface area contributed by atoms with Crippen LogP contribution in [0.4, 0.5) is 5.13 Å². The zero-order valence-corrected chi connectivity index (χ0v) is 8.98. The van der Waals surface area contributed by atoms with E-state index in [4.69, 9.17) is 0 Å². The first-order chi connectivity index (χ1) is 6.75. The van der Waals surface area contributed by atoms with Crippen molar-refractivity contribution in [2.75, 3.05) is 5.32 Å². The summed E-state index contributed by atoms with van der Waals surface area (Å²) in [7, 11) is 0. The summed E-state index contributed by atoms with van der Waals surface area (Å²) in [5.74, 6) is -0.196. The Kier molecular flexibility index (Phi) is 2.55. The number of rotatable bonds is 2. The van der Waals surface area contributed by atoms with E-state index < -0.39 is 0 Å². The number of carbonyl (C=O) groups is 1. The number of nitrogens with one attached hydrogen (secondary N) is 1. The predicted octanol–water partition coefficient (Wildman–Crippen LogP) is 2.16. The highest BCUT2D eigenvalue weighted by molar-refractivity contribution is 7.14. The molecule has 1 amide bonds. The van der Waals surface area contributed by atoms with Gasteiger partial charge in [-0.1, -0.05) is 0 Å². The average Bonchev–Trinajstić information content (AvgIpc) is 2.75. The first kappa shape index (κ1) is 9.29. The number of aryl methyl sites for hydroxylation is 1. The Hall–Kier alpha value is -1.27. The van der Waals surface area contributed by atoms with Crippen LogP contribution in [0.2, 0.25) is 0 Å². The van der Waals surface area contributed by atoms with Gasteiger partial charge in [-0.15, -0.1) is 22.7 Å². The van der Waals surface area contributed by atoms with Gasteiger partial charge >= 0.3 is 0 Å². The highest BCUT2D eigenvalue weighted by Crippen LogP contribution is 2.14. The van der Waals surface area contributed by atoms with Gasteiger partial charge < -0.3 is 0 Å². The molecule has 2 aromatic rings. The molecule has 1 N–H and O–H groups in total. The molecule has 14 heavy (non-hydrogen) atoms. The van der Waals surface area contributed by atoms with Gasteiger partial charge in [0.2, 0.25) is 0 Å². The minimum atomic E-state index is -0.196. The first-order valence-corrected chi connectivity index (χ1v) is 5.64. The third kappa shape index (κ3) is 1.97. The van der Waals surface area contributed by atoms with E-state index in [0.29, 0.717) is 10.1 Å². The Balaban J connectivity index is 2.10. The van der Waals surface area contributed by atoms with Gasteiger partial charge in [0.25, 0.3) is 5.91 Å². The summed E-state index contributed by atoms with van der Waals surface area (Å²) >= 11 is 2.72. The molecule has 0 unspecified atom stereocenters. The summed E-state index contributed by atoms with van der Waals surface area (Å²) in [6, 6.07) is 0. The first-order valence-electron chi connectivity index (χ1n) is 3.88. The van der Waals surface area contributed by atoms with Crippen LogP contribution >= 0.6 is 22.7 Å². The molecule has 0 bridgehead atoms. The van der Waals surface area contributed by atoms with Crippen LogP contribution in [0, 0.1) is 6.92 Å². The second-order valence-electron chi connectivity index (χ2n) is 2.59. The largest absolute Gasteiger partial charge is 0.296 e. The second kappa shape index (κ2) is 3.85. The van der Waals surface area contributed by atoms with E-state index in [2.05, 4.69) is 15.3 Å². The van der Waals surface area contributed by atoms with Gasteiger partial charge in [0, 0.05) is 22.7 Å². The van der Waals surface area contributed by atoms with E-state index in [0.717, 1.165) is 5.69 Å².